The van der Waals surface area contributed by atoms with E-state index >= 15 is 0 Å². The minimum atomic E-state index is 0.104. The van der Waals surface area contributed by atoms with Gasteiger partial charge in [0.1, 0.15) is 0 Å². The lowest BCUT2D eigenvalue weighted by Gasteiger charge is -2.39. The Morgan fingerprint density at radius 3 is 2.82 bits per heavy atom. The summed E-state index contributed by atoms with van der Waals surface area (Å²) in [6.45, 7) is 6.35. The average molecular weight is 296 g/mol. The van der Waals surface area contributed by atoms with Gasteiger partial charge in [0.15, 0.2) is 0 Å². The molecule has 2 aromatic rings. The highest BCUT2D eigenvalue weighted by Gasteiger charge is 2.33. The zero-order valence-electron chi connectivity index (χ0n) is 13.4. The predicted molar refractivity (Wildman–Crippen MR) is 90.9 cm³/mol. The highest BCUT2D eigenvalue weighted by Crippen LogP contribution is 2.25. The number of hydrogen-bond donors (Lipinski definition) is 2. The van der Waals surface area contributed by atoms with Crippen LogP contribution in [0, 0.1) is 5.41 Å². The van der Waals surface area contributed by atoms with E-state index in [2.05, 4.69) is 48.7 Å². The van der Waals surface area contributed by atoms with Gasteiger partial charge < -0.3 is 10.6 Å². The molecule has 1 fully saturated rings. The van der Waals surface area contributed by atoms with Gasteiger partial charge in [0, 0.05) is 12.6 Å². The zero-order valence-corrected chi connectivity index (χ0v) is 13.4. The van der Waals surface area contributed by atoms with Gasteiger partial charge in [-0.25, -0.2) is 0 Å². The number of nitrogens with one attached hydrogen (secondary N) is 2. The molecule has 1 amide bonds. The van der Waals surface area contributed by atoms with Crippen LogP contribution in [-0.2, 0) is 11.2 Å². The van der Waals surface area contributed by atoms with Crippen LogP contribution < -0.4 is 10.6 Å². The number of rotatable bonds is 3. The van der Waals surface area contributed by atoms with Crippen LogP contribution in [-0.4, -0.2) is 25.0 Å². The van der Waals surface area contributed by atoms with E-state index in [0.29, 0.717) is 6.42 Å². The van der Waals surface area contributed by atoms with E-state index < -0.39 is 0 Å². The Kier molecular flexibility index (Phi) is 4.16. The number of carbonyl (C=O) groups is 1. The molecule has 116 valence electrons. The second-order valence-electron chi connectivity index (χ2n) is 6.89. The Bertz CT molecular complexity index is 673. The fourth-order valence-electron chi connectivity index (χ4n) is 3.30. The molecule has 22 heavy (non-hydrogen) atoms. The van der Waals surface area contributed by atoms with Gasteiger partial charge in [-0.1, -0.05) is 56.3 Å². The lowest BCUT2D eigenvalue weighted by Crippen LogP contribution is -2.54. The number of benzene rings is 2. The van der Waals surface area contributed by atoms with E-state index in [0.717, 1.165) is 25.1 Å². The van der Waals surface area contributed by atoms with Crippen molar-refractivity contribution in [2.24, 2.45) is 5.41 Å². The van der Waals surface area contributed by atoms with Gasteiger partial charge in [0.25, 0.3) is 0 Å². The van der Waals surface area contributed by atoms with E-state index in [4.69, 9.17) is 0 Å². The number of carbonyl (C=O) groups excluding carboxylic acids is 1. The van der Waals surface area contributed by atoms with Crippen molar-refractivity contribution in [2.75, 3.05) is 13.1 Å². The van der Waals surface area contributed by atoms with Gasteiger partial charge in [0.05, 0.1) is 6.42 Å². The third-order valence-electron chi connectivity index (χ3n) is 4.70. The van der Waals surface area contributed by atoms with Gasteiger partial charge in [-0.3, -0.25) is 4.79 Å². The first-order valence-corrected chi connectivity index (χ1v) is 8.03. The van der Waals surface area contributed by atoms with Crippen LogP contribution in [0.15, 0.2) is 42.5 Å². The molecule has 1 saturated heterocycles. The maximum atomic E-state index is 12.5. The first kappa shape index (κ1) is 15.0. The smallest absolute Gasteiger partial charge is 0.224 e. The van der Waals surface area contributed by atoms with Crippen LogP contribution in [0.5, 0.6) is 0 Å². The maximum Gasteiger partial charge on any atom is 0.224 e. The topological polar surface area (TPSA) is 41.1 Å². The Morgan fingerprint density at radius 1 is 1.23 bits per heavy atom. The number of fused-ring (bicyclic) bond motifs is 1. The molecule has 2 aromatic carbocycles. The second kappa shape index (κ2) is 6.09. The lowest BCUT2D eigenvalue weighted by molar-refractivity contribution is -0.122. The molecular weight excluding hydrogens is 272 g/mol. The molecule has 1 aliphatic heterocycles. The summed E-state index contributed by atoms with van der Waals surface area (Å²) in [5.41, 5.74) is 1.20. The van der Waals surface area contributed by atoms with Crippen LogP contribution in [0.2, 0.25) is 0 Å². The summed E-state index contributed by atoms with van der Waals surface area (Å²) in [6, 6.07) is 14.7. The fraction of sp³-hybridized carbons (Fsp3) is 0.421. The molecule has 0 spiro atoms. The van der Waals surface area contributed by atoms with Crippen molar-refractivity contribution in [3.05, 3.63) is 48.0 Å². The molecule has 0 bridgehead atoms. The molecule has 1 heterocycles. The van der Waals surface area contributed by atoms with E-state index in [-0.39, 0.29) is 17.4 Å². The fourth-order valence-corrected chi connectivity index (χ4v) is 3.30. The van der Waals surface area contributed by atoms with Crippen LogP contribution >= 0.6 is 0 Å². The molecule has 0 aliphatic carbocycles. The molecule has 1 aliphatic rings. The Hall–Kier alpha value is -1.87. The van der Waals surface area contributed by atoms with Crippen molar-refractivity contribution in [1.29, 1.82) is 0 Å². The highest BCUT2D eigenvalue weighted by molar-refractivity contribution is 5.90. The molecule has 3 heteroatoms. The quantitative estimate of drug-likeness (QED) is 0.914. The van der Waals surface area contributed by atoms with Crippen molar-refractivity contribution in [3.63, 3.8) is 0 Å². The highest BCUT2D eigenvalue weighted by atomic mass is 16.1. The third-order valence-corrected chi connectivity index (χ3v) is 4.70. The van der Waals surface area contributed by atoms with E-state index in [9.17, 15) is 4.79 Å². The lowest BCUT2D eigenvalue weighted by atomic mass is 9.80. The Balaban J connectivity index is 1.73. The molecule has 0 radical (unpaired) electrons. The molecule has 0 aromatic heterocycles. The molecule has 3 nitrogen and oxygen atoms in total. The summed E-state index contributed by atoms with van der Waals surface area (Å²) in [5, 5.41) is 9.01. The normalized spacial score (nSPS) is 20.7. The Labute approximate surface area is 132 Å². The number of piperidine rings is 1. The summed E-state index contributed by atoms with van der Waals surface area (Å²) >= 11 is 0. The minimum Gasteiger partial charge on any atom is -0.352 e. The van der Waals surface area contributed by atoms with Gasteiger partial charge in [0.2, 0.25) is 5.91 Å². The van der Waals surface area contributed by atoms with Gasteiger partial charge in [-0.15, -0.1) is 0 Å². The average Bonchev–Trinajstić information content (AvgIpc) is 2.50. The first-order chi connectivity index (χ1) is 10.6. The number of hydrogen-bond acceptors (Lipinski definition) is 2. The van der Waals surface area contributed by atoms with E-state index in [1.807, 2.05) is 18.2 Å². The maximum absolute atomic E-state index is 12.5. The van der Waals surface area contributed by atoms with E-state index in [1.54, 1.807) is 0 Å². The predicted octanol–water partition coefficient (Wildman–Crippen LogP) is 2.89. The van der Waals surface area contributed by atoms with Gasteiger partial charge in [-0.2, -0.15) is 0 Å². The molecule has 3 rings (SSSR count). The monoisotopic (exact) mass is 296 g/mol. The van der Waals surface area contributed by atoms with Crippen molar-refractivity contribution in [2.45, 2.75) is 32.7 Å². The molecular formula is C19H24N2O. The van der Waals surface area contributed by atoms with Crippen molar-refractivity contribution >= 4 is 16.7 Å². The first-order valence-electron chi connectivity index (χ1n) is 8.03. The largest absolute Gasteiger partial charge is 0.352 e. The van der Waals surface area contributed by atoms with Crippen LogP contribution in [0.4, 0.5) is 0 Å². The van der Waals surface area contributed by atoms with Crippen LogP contribution in [0.1, 0.15) is 25.8 Å². The third kappa shape index (κ3) is 3.14. The van der Waals surface area contributed by atoms with Crippen LogP contribution in [0.3, 0.4) is 0 Å². The van der Waals surface area contributed by atoms with Crippen molar-refractivity contribution in [3.8, 4) is 0 Å². The van der Waals surface area contributed by atoms with Gasteiger partial charge >= 0.3 is 0 Å². The molecule has 1 unspecified atom stereocenters. The molecule has 2 N–H and O–H groups in total. The summed E-state index contributed by atoms with van der Waals surface area (Å²) in [6.07, 6.45) is 1.44. The summed E-state index contributed by atoms with van der Waals surface area (Å²) in [5.74, 6) is 0.122. The minimum absolute atomic E-state index is 0.104. The Morgan fingerprint density at radius 2 is 2.00 bits per heavy atom. The summed E-state index contributed by atoms with van der Waals surface area (Å²) in [7, 11) is 0. The summed E-state index contributed by atoms with van der Waals surface area (Å²) in [4.78, 5) is 12.5. The van der Waals surface area contributed by atoms with Crippen LogP contribution in [0.25, 0.3) is 10.8 Å². The van der Waals surface area contributed by atoms with Gasteiger partial charge in [-0.05, 0) is 34.7 Å². The molecule has 0 saturated carbocycles. The molecule has 1 atom stereocenters. The zero-order chi connectivity index (χ0) is 15.6. The van der Waals surface area contributed by atoms with Crippen molar-refractivity contribution < 1.29 is 4.79 Å². The number of amides is 1. The standard InChI is InChI=1S/C19H24N2O/c1-19(2)13-20-11-10-17(19)21-18(22)12-15-8-5-7-14-6-3-4-9-16(14)15/h3-9,17,20H,10-13H2,1-2H3,(H,21,22). The second-order valence-corrected chi connectivity index (χ2v) is 6.89. The SMILES string of the molecule is CC1(C)CNCCC1NC(=O)Cc1cccc2ccccc12. The van der Waals surface area contributed by atoms with Crippen molar-refractivity contribution in [1.82, 2.24) is 10.6 Å². The summed E-state index contributed by atoms with van der Waals surface area (Å²) < 4.78 is 0. The van der Waals surface area contributed by atoms with E-state index in [1.165, 1.54) is 10.8 Å².